The van der Waals surface area contributed by atoms with Crippen LogP contribution < -0.4 is 5.32 Å². The van der Waals surface area contributed by atoms with Crippen molar-refractivity contribution in [2.24, 2.45) is 0 Å². The fourth-order valence-corrected chi connectivity index (χ4v) is 2.70. The van der Waals surface area contributed by atoms with Crippen molar-refractivity contribution in [2.75, 3.05) is 20.1 Å². The molecule has 2 rings (SSSR count). The van der Waals surface area contributed by atoms with Gasteiger partial charge in [0.15, 0.2) is 0 Å². The average Bonchev–Trinajstić information content (AvgIpc) is 2.81. The summed E-state index contributed by atoms with van der Waals surface area (Å²) < 4.78 is 12.9. The first kappa shape index (κ1) is 15.4. The van der Waals surface area contributed by atoms with Gasteiger partial charge in [0.2, 0.25) is 0 Å². The molecule has 1 fully saturated rings. The molecule has 2 unspecified atom stereocenters. The van der Waals surface area contributed by atoms with Gasteiger partial charge in [0.1, 0.15) is 5.82 Å². The lowest BCUT2D eigenvalue weighted by Crippen LogP contribution is -2.31. The molecule has 1 aliphatic rings. The minimum Gasteiger partial charge on any atom is -0.316 e. The summed E-state index contributed by atoms with van der Waals surface area (Å²) >= 11 is 0. The number of nitrogens with zero attached hydrogens (tertiary/aromatic N) is 1. The van der Waals surface area contributed by atoms with Gasteiger partial charge in [-0.1, -0.05) is 19.1 Å². The highest BCUT2D eigenvalue weighted by molar-refractivity contribution is 5.85. The third-order valence-electron chi connectivity index (χ3n) is 3.71. The SMILES string of the molecule is CCC(c1ccc(F)cc1)N1CCC(NC)C1.Cl. The predicted molar refractivity (Wildman–Crippen MR) is 75.7 cm³/mol. The van der Waals surface area contributed by atoms with Crippen LogP contribution in [-0.4, -0.2) is 31.1 Å². The molecular formula is C14H22ClFN2. The molecule has 18 heavy (non-hydrogen) atoms. The Hall–Kier alpha value is -0.640. The van der Waals surface area contributed by atoms with Crippen molar-refractivity contribution in [1.82, 2.24) is 10.2 Å². The van der Waals surface area contributed by atoms with Crippen molar-refractivity contribution in [3.8, 4) is 0 Å². The molecule has 1 saturated heterocycles. The monoisotopic (exact) mass is 272 g/mol. The van der Waals surface area contributed by atoms with E-state index in [0.717, 1.165) is 19.5 Å². The highest BCUT2D eigenvalue weighted by Crippen LogP contribution is 2.27. The topological polar surface area (TPSA) is 15.3 Å². The lowest BCUT2D eigenvalue weighted by atomic mass is 10.0. The fourth-order valence-electron chi connectivity index (χ4n) is 2.70. The third kappa shape index (κ3) is 3.44. The number of halogens is 2. The Kier molecular flexibility index (Phi) is 6.06. The second kappa shape index (κ2) is 7.07. The van der Waals surface area contributed by atoms with Crippen LogP contribution >= 0.6 is 12.4 Å². The van der Waals surface area contributed by atoms with Gasteiger partial charge in [0.25, 0.3) is 0 Å². The second-order valence-electron chi connectivity index (χ2n) is 4.74. The van der Waals surface area contributed by atoms with Gasteiger partial charge >= 0.3 is 0 Å². The third-order valence-corrected chi connectivity index (χ3v) is 3.71. The average molecular weight is 273 g/mol. The van der Waals surface area contributed by atoms with E-state index < -0.39 is 0 Å². The summed E-state index contributed by atoms with van der Waals surface area (Å²) in [6, 6.07) is 7.97. The Morgan fingerprint density at radius 2 is 2.06 bits per heavy atom. The molecule has 1 aliphatic heterocycles. The van der Waals surface area contributed by atoms with Gasteiger partial charge in [0, 0.05) is 25.2 Å². The molecular weight excluding hydrogens is 251 g/mol. The Labute approximate surface area is 115 Å². The molecule has 0 amide bonds. The first-order valence-corrected chi connectivity index (χ1v) is 6.41. The summed E-state index contributed by atoms with van der Waals surface area (Å²) in [5.74, 6) is -0.155. The van der Waals surface area contributed by atoms with Gasteiger partial charge in [-0.25, -0.2) is 4.39 Å². The van der Waals surface area contributed by atoms with Crippen LogP contribution in [0.2, 0.25) is 0 Å². The van der Waals surface area contributed by atoms with E-state index in [1.165, 1.54) is 12.0 Å². The molecule has 0 saturated carbocycles. The van der Waals surface area contributed by atoms with Crippen molar-refractivity contribution in [2.45, 2.75) is 31.8 Å². The Morgan fingerprint density at radius 1 is 1.39 bits per heavy atom. The minimum atomic E-state index is -0.155. The van der Waals surface area contributed by atoms with Gasteiger partial charge in [-0.15, -0.1) is 12.4 Å². The molecule has 1 aromatic rings. The number of hydrogen-bond acceptors (Lipinski definition) is 2. The number of nitrogens with one attached hydrogen (secondary N) is 1. The molecule has 2 nitrogen and oxygen atoms in total. The van der Waals surface area contributed by atoms with Gasteiger partial charge < -0.3 is 5.32 Å². The van der Waals surface area contributed by atoms with Crippen molar-refractivity contribution >= 4 is 12.4 Å². The normalized spacial score (nSPS) is 21.6. The molecule has 1 aromatic carbocycles. The maximum Gasteiger partial charge on any atom is 0.123 e. The van der Waals surface area contributed by atoms with Crippen LogP contribution in [0.15, 0.2) is 24.3 Å². The summed E-state index contributed by atoms with van der Waals surface area (Å²) in [7, 11) is 2.02. The van der Waals surface area contributed by atoms with E-state index in [9.17, 15) is 4.39 Å². The van der Waals surface area contributed by atoms with Gasteiger partial charge in [0.05, 0.1) is 0 Å². The number of benzene rings is 1. The van der Waals surface area contributed by atoms with Gasteiger partial charge in [-0.2, -0.15) is 0 Å². The molecule has 0 aromatic heterocycles. The zero-order valence-electron chi connectivity index (χ0n) is 11.0. The molecule has 4 heteroatoms. The lowest BCUT2D eigenvalue weighted by molar-refractivity contribution is 0.234. The zero-order chi connectivity index (χ0) is 12.3. The van der Waals surface area contributed by atoms with Crippen molar-refractivity contribution in [1.29, 1.82) is 0 Å². The van der Waals surface area contributed by atoms with Gasteiger partial charge in [-0.3, -0.25) is 4.90 Å². The quantitative estimate of drug-likeness (QED) is 0.907. The van der Waals surface area contributed by atoms with E-state index in [4.69, 9.17) is 0 Å². The van der Waals surface area contributed by atoms with Crippen LogP contribution in [0, 0.1) is 5.82 Å². The van der Waals surface area contributed by atoms with Gasteiger partial charge in [-0.05, 0) is 37.6 Å². The molecule has 0 radical (unpaired) electrons. The molecule has 2 atom stereocenters. The summed E-state index contributed by atoms with van der Waals surface area (Å²) in [6.07, 6.45) is 2.27. The van der Waals surface area contributed by atoms with E-state index in [1.807, 2.05) is 19.2 Å². The predicted octanol–water partition coefficient (Wildman–Crippen LogP) is 2.99. The summed E-state index contributed by atoms with van der Waals surface area (Å²) in [5.41, 5.74) is 1.23. The van der Waals surface area contributed by atoms with E-state index in [-0.39, 0.29) is 18.2 Å². The molecule has 1 heterocycles. The van der Waals surface area contributed by atoms with Crippen molar-refractivity contribution in [3.05, 3.63) is 35.6 Å². The summed E-state index contributed by atoms with van der Waals surface area (Å²) in [5, 5.41) is 3.33. The summed E-state index contributed by atoms with van der Waals surface area (Å²) in [6.45, 7) is 4.41. The van der Waals surface area contributed by atoms with Crippen LogP contribution in [0.1, 0.15) is 31.4 Å². The van der Waals surface area contributed by atoms with Crippen LogP contribution in [-0.2, 0) is 0 Å². The maximum absolute atomic E-state index is 12.9. The molecule has 0 bridgehead atoms. The maximum atomic E-state index is 12.9. The minimum absolute atomic E-state index is 0. The van der Waals surface area contributed by atoms with Crippen LogP contribution in [0.5, 0.6) is 0 Å². The van der Waals surface area contributed by atoms with E-state index in [0.29, 0.717) is 12.1 Å². The van der Waals surface area contributed by atoms with Crippen LogP contribution in [0.3, 0.4) is 0 Å². The van der Waals surface area contributed by atoms with Crippen molar-refractivity contribution < 1.29 is 4.39 Å². The number of likely N-dealkylation sites (tertiary alicyclic amines) is 1. The lowest BCUT2D eigenvalue weighted by Gasteiger charge is -2.27. The van der Waals surface area contributed by atoms with E-state index in [2.05, 4.69) is 17.1 Å². The standard InChI is InChI=1S/C14H21FN2.ClH/c1-3-14(11-4-6-12(15)7-5-11)17-9-8-13(10-17)16-2;/h4-7,13-14,16H,3,8-10H2,1-2H3;1H. The molecule has 0 spiro atoms. The molecule has 1 N–H and O–H groups in total. The molecule has 102 valence electrons. The fraction of sp³-hybridized carbons (Fsp3) is 0.571. The zero-order valence-corrected chi connectivity index (χ0v) is 11.8. The van der Waals surface area contributed by atoms with Crippen LogP contribution in [0.25, 0.3) is 0 Å². The Balaban J connectivity index is 0.00000162. The highest BCUT2D eigenvalue weighted by atomic mass is 35.5. The Morgan fingerprint density at radius 3 is 2.56 bits per heavy atom. The largest absolute Gasteiger partial charge is 0.316 e. The second-order valence-corrected chi connectivity index (χ2v) is 4.74. The number of rotatable bonds is 4. The summed E-state index contributed by atoms with van der Waals surface area (Å²) in [4.78, 5) is 2.49. The van der Waals surface area contributed by atoms with E-state index in [1.54, 1.807) is 12.1 Å². The van der Waals surface area contributed by atoms with E-state index >= 15 is 0 Å². The van der Waals surface area contributed by atoms with Crippen molar-refractivity contribution in [3.63, 3.8) is 0 Å². The first-order chi connectivity index (χ1) is 8.24. The molecule has 0 aliphatic carbocycles. The van der Waals surface area contributed by atoms with Crippen LogP contribution in [0.4, 0.5) is 4.39 Å². The number of hydrogen-bond donors (Lipinski definition) is 1. The first-order valence-electron chi connectivity index (χ1n) is 6.41. The number of likely N-dealkylation sites (N-methyl/N-ethyl adjacent to an activating group) is 1. The Bertz CT molecular complexity index is 355. The highest BCUT2D eigenvalue weighted by Gasteiger charge is 2.27. The smallest absolute Gasteiger partial charge is 0.123 e.